The quantitative estimate of drug-likeness (QED) is 0.564. The number of fused-ring (bicyclic) bond motifs is 1. The summed E-state index contributed by atoms with van der Waals surface area (Å²) in [6.07, 6.45) is 1.23. The number of carbonyl (C=O) groups excluding carboxylic acids is 1. The van der Waals surface area contributed by atoms with Gasteiger partial charge in [0, 0.05) is 5.56 Å². The van der Waals surface area contributed by atoms with Gasteiger partial charge in [-0.1, -0.05) is 47.6 Å². The highest BCUT2D eigenvalue weighted by Crippen LogP contribution is 2.24. The molecule has 2 aromatic carbocycles. The van der Waals surface area contributed by atoms with Gasteiger partial charge in [-0.15, -0.1) is 0 Å². The van der Waals surface area contributed by atoms with Crippen LogP contribution in [0.15, 0.2) is 70.2 Å². The first-order valence-corrected chi connectivity index (χ1v) is 8.98. The van der Waals surface area contributed by atoms with E-state index < -0.39 is 11.4 Å². The van der Waals surface area contributed by atoms with Crippen molar-refractivity contribution in [3.63, 3.8) is 0 Å². The molecule has 1 amide bonds. The van der Waals surface area contributed by atoms with Gasteiger partial charge in [0.2, 0.25) is 5.91 Å². The van der Waals surface area contributed by atoms with E-state index in [9.17, 15) is 14.0 Å². The number of carbonyl (C=O) groups is 1. The van der Waals surface area contributed by atoms with Gasteiger partial charge >= 0.3 is 0 Å². The van der Waals surface area contributed by atoms with E-state index in [0.717, 1.165) is 5.56 Å². The lowest BCUT2D eigenvalue weighted by molar-refractivity contribution is -0.122. The molecule has 4 aromatic rings. The topological polar surface area (TPSA) is 90.0 Å². The van der Waals surface area contributed by atoms with E-state index in [-0.39, 0.29) is 35.3 Å². The second kappa shape index (κ2) is 7.67. The maximum absolute atomic E-state index is 13.6. The first-order valence-electron chi connectivity index (χ1n) is 8.98. The summed E-state index contributed by atoms with van der Waals surface area (Å²) in [7, 11) is 0. The van der Waals surface area contributed by atoms with Crippen molar-refractivity contribution in [2.45, 2.75) is 19.5 Å². The van der Waals surface area contributed by atoms with E-state index in [1.807, 2.05) is 37.3 Å². The highest BCUT2D eigenvalue weighted by Gasteiger charge is 2.19. The largest absolute Gasteiger partial charge is 0.348 e. The van der Waals surface area contributed by atoms with E-state index in [2.05, 4.69) is 15.5 Å². The minimum atomic E-state index is -0.488. The zero-order valence-electron chi connectivity index (χ0n) is 15.5. The van der Waals surface area contributed by atoms with E-state index in [1.165, 1.54) is 29.1 Å². The average molecular weight is 392 g/mol. The van der Waals surface area contributed by atoms with Crippen LogP contribution in [0, 0.1) is 5.82 Å². The van der Waals surface area contributed by atoms with Crippen molar-refractivity contribution < 1.29 is 13.7 Å². The molecule has 29 heavy (non-hydrogen) atoms. The van der Waals surface area contributed by atoms with Gasteiger partial charge in [0.15, 0.2) is 0 Å². The van der Waals surface area contributed by atoms with E-state index >= 15 is 0 Å². The van der Waals surface area contributed by atoms with Crippen molar-refractivity contribution in [2.75, 3.05) is 0 Å². The summed E-state index contributed by atoms with van der Waals surface area (Å²) in [6.45, 7) is 1.65. The molecule has 0 aliphatic heterocycles. The highest BCUT2D eigenvalue weighted by molar-refractivity contribution is 5.88. The van der Waals surface area contributed by atoms with Gasteiger partial charge in [0.05, 0.1) is 6.04 Å². The van der Waals surface area contributed by atoms with Crippen LogP contribution >= 0.6 is 0 Å². The molecule has 1 atom stereocenters. The van der Waals surface area contributed by atoms with Crippen LogP contribution in [0.25, 0.3) is 22.4 Å². The molecule has 7 nitrogen and oxygen atoms in total. The van der Waals surface area contributed by atoms with Gasteiger partial charge in [0.25, 0.3) is 11.3 Å². The molecule has 8 heteroatoms. The summed E-state index contributed by atoms with van der Waals surface area (Å²) in [5, 5.41) is 6.81. The molecule has 0 fully saturated rings. The highest BCUT2D eigenvalue weighted by atomic mass is 19.1. The van der Waals surface area contributed by atoms with Crippen molar-refractivity contribution in [3.05, 3.63) is 82.7 Å². The van der Waals surface area contributed by atoms with Crippen molar-refractivity contribution in [2.24, 2.45) is 0 Å². The number of halogens is 1. The molecule has 4 rings (SSSR count). The predicted molar refractivity (Wildman–Crippen MR) is 104 cm³/mol. The number of hydrogen-bond donors (Lipinski definition) is 1. The normalized spacial score (nSPS) is 12.1. The molecule has 0 saturated heterocycles. The zero-order valence-corrected chi connectivity index (χ0v) is 15.5. The first-order chi connectivity index (χ1) is 14.0. The number of rotatable bonds is 5. The van der Waals surface area contributed by atoms with E-state index in [4.69, 9.17) is 4.52 Å². The molecule has 1 N–H and O–H groups in total. The maximum Gasteiger partial charge on any atom is 0.267 e. The molecule has 0 saturated carbocycles. The Balaban J connectivity index is 1.61. The lowest BCUT2D eigenvalue weighted by Gasteiger charge is -2.14. The second-order valence-electron chi connectivity index (χ2n) is 6.60. The average Bonchev–Trinajstić information content (AvgIpc) is 3.16. The summed E-state index contributed by atoms with van der Waals surface area (Å²) in [5.74, 6) is -0.800. The Morgan fingerprint density at radius 1 is 1.21 bits per heavy atom. The Bertz CT molecular complexity index is 1230. The molecular formula is C21H17FN4O3. The molecule has 146 valence electrons. The van der Waals surface area contributed by atoms with Gasteiger partial charge in [-0.2, -0.15) is 0 Å². The number of hydrogen-bond acceptors (Lipinski definition) is 5. The number of aromatic nitrogens is 3. The fourth-order valence-corrected chi connectivity index (χ4v) is 3.09. The molecule has 0 aliphatic carbocycles. The Morgan fingerprint density at radius 3 is 2.76 bits per heavy atom. The van der Waals surface area contributed by atoms with Crippen LogP contribution in [-0.4, -0.2) is 20.6 Å². The molecule has 2 aromatic heterocycles. The Labute approximate surface area is 164 Å². The molecule has 0 radical (unpaired) electrons. The molecule has 0 spiro atoms. The van der Waals surface area contributed by atoms with Gasteiger partial charge in [-0.3, -0.25) is 14.2 Å². The third-order valence-electron chi connectivity index (χ3n) is 4.55. The molecule has 0 aliphatic rings. The second-order valence-corrected chi connectivity index (χ2v) is 6.60. The standard InChI is InChI=1S/C21H17FN4O3/c1-13(14-6-3-2-4-7-14)24-17(27)11-26-12-23-20-18(21(26)28)19(25-29-20)15-8-5-9-16(22)10-15/h2-10,12-13H,11H2,1H3,(H,24,27)/t13-/m0/s1. The fraction of sp³-hybridized carbons (Fsp3) is 0.143. The van der Waals surface area contributed by atoms with Gasteiger partial charge < -0.3 is 9.84 Å². The first kappa shape index (κ1) is 18.5. The summed E-state index contributed by atoms with van der Waals surface area (Å²) in [5.41, 5.74) is 1.07. The summed E-state index contributed by atoms with van der Waals surface area (Å²) < 4.78 is 19.8. The minimum Gasteiger partial charge on any atom is -0.348 e. The number of amides is 1. The van der Waals surface area contributed by atoms with Crippen molar-refractivity contribution >= 4 is 17.0 Å². The monoisotopic (exact) mass is 392 g/mol. The summed E-state index contributed by atoms with van der Waals surface area (Å²) in [4.78, 5) is 29.4. The minimum absolute atomic E-state index is 0.0311. The van der Waals surface area contributed by atoms with Crippen LogP contribution in [0.5, 0.6) is 0 Å². The molecular weight excluding hydrogens is 375 g/mol. The summed E-state index contributed by atoms with van der Waals surface area (Å²) >= 11 is 0. The third kappa shape index (κ3) is 3.77. The number of benzene rings is 2. The van der Waals surface area contributed by atoms with E-state index in [1.54, 1.807) is 6.07 Å². The predicted octanol–water partition coefficient (Wildman–Crippen LogP) is 3.07. The molecule has 0 bridgehead atoms. The van der Waals surface area contributed by atoms with Crippen molar-refractivity contribution in [1.29, 1.82) is 0 Å². The van der Waals surface area contributed by atoms with Crippen LogP contribution in [0.3, 0.4) is 0 Å². The Kier molecular flexibility index (Phi) is 4.90. The van der Waals surface area contributed by atoms with Crippen LogP contribution in [-0.2, 0) is 11.3 Å². The van der Waals surface area contributed by atoms with Gasteiger partial charge in [-0.25, -0.2) is 9.37 Å². The number of nitrogens with zero attached hydrogens (tertiary/aromatic N) is 3. The molecule has 0 unspecified atom stereocenters. The van der Waals surface area contributed by atoms with Crippen molar-refractivity contribution in [3.8, 4) is 11.3 Å². The van der Waals surface area contributed by atoms with Crippen LogP contribution in [0.2, 0.25) is 0 Å². The Hall–Kier alpha value is -3.81. The van der Waals surface area contributed by atoms with Crippen molar-refractivity contribution in [1.82, 2.24) is 20.0 Å². The van der Waals surface area contributed by atoms with Crippen LogP contribution in [0.4, 0.5) is 4.39 Å². The van der Waals surface area contributed by atoms with E-state index in [0.29, 0.717) is 5.56 Å². The third-order valence-corrected chi connectivity index (χ3v) is 4.55. The Morgan fingerprint density at radius 2 is 2.00 bits per heavy atom. The lowest BCUT2D eigenvalue weighted by atomic mass is 10.1. The van der Waals surface area contributed by atoms with Gasteiger partial charge in [0.1, 0.15) is 29.8 Å². The van der Waals surface area contributed by atoms with Crippen LogP contribution < -0.4 is 10.9 Å². The zero-order chi connectivity index (χ0) is 20.4. The van der Waals surface area contributed by atoms with Crippen LogP contribution in [0.1, 0.15) is 18.5 Å². The maximum atomic E-state index is 13.6. The smallest absolute Gasteiger partial charge is 0.267 e. The lowest BCUT2D eigenvalue weighted by Crippen LogP contribution is -2.33. The fourth-order valence-electron chi connectivity index (χ4n) is 3.09. The van der Waals surface area contributed by atoms with Gasteiger partial charge in [-0.05, 0) is 24.6 Å². The number of nitrogens with one attached hydrogen (secondary N) is 1. The summed E-state index contributed by atoms with van der Waals surface area (Å²) in [6, 6.07) is 15.0. The SMILES string of the molecule is C[C@H](NC(=O)Cn1cnc2onc(-c3cccc(F)c3)c2c1=O)c1ccccc1. The molecule has 2 heterocycles.